The molecule has 1 aromatic rings. The Bertz CT molecular complexity index is 461. The average molecular weight is 284 g/mol. The van der Waals surface area contributed by atoms with Crippen molar-refractivity contribution in [3.8, 4) is 0 Å². The number of aryl methyl sites for hydroxylation is 1. The summed E-state index contributed by atoms with van der Waals surface area (Å²) in [5.74, 6) is -0.281. The number of piperidine rings is 1. The van der Waals surface area contributed by atoms with Crippen LogP contribution in [0.5, 0.6) is 0 Å². The third kappa shape index (κ3) is 2.91. The maximum atomic E-state index is 11.6. The molecule has 0 spiro atoms. The summed E-state index contributed by atoms with van der Waals surface area (Å²) in [4.78, 5) is 14.8. The predicted molar refractivity (Wildman–Crippen MR) is 76.0 cm³/mol. The van der Waals surface area contributed by atoms with Crippen LogP contribution in [0.15, 0.2) is 6.07 Å². The van der Waals surface area contributed by atoms with Gasteiger partial charge in [-0.25, -0.2) is 4.79 Å². The highest BCUT2D eigenvalue weighted by Crippen LogP contribution is 2.32. The fourth-order valence-corrected chi connectivity index (χ4v) is 3.36. The summed E-state index contributed by atoms with van der Waals surface area (Å²) >= 11 is 1.61. The lowest BCUT2D eigenvalue weighted by Crippen LogP contribution is -2.51. The van der Waals surface area contributed by atoms with Crippen LogP contribution in [-0.2, 0) is 9.47 Å². The van der Waals surface area contributed by atoms with Gasteiger partial charge in [-0.15, -0.1) is 11.3 Å². The van der Waals surface area contributed by atoms with Gasteiger partial charge in [0.2, 0.25) is 0 Å². The minimum Gasteiger partial charge on any atom is -0.465 e. The molecule has 0 radical (unpaired) electrons. The zero-order valence-corrected chi connectivity index (χ0v) is 12.3. The number of hydrogen-bond donors (Lipinski definition) is 1. The maximum Gasteiger partial charge on any atom is 0.339 e. The van der Waals surface area contributed by atoms with Crippen LogP contribution in [0, 0.1) is 6.92 Å². The number of anilines is 1. The van der Waals surface area contributed by atoms with Crippen molar-refractivity contribution in [2.24, 2.45) is 5.73 Å². The molecule has 2 rings (SSSR count). The summed E-state index contributed by atoms with van der Waals surface area (Å²) in [6.07, 6.45) is 0.931. The Hall–Kier alpha value is -1.11. The number of esters is 1. The van der Waals surface area contributed by atoms with Crippen molar-refractivity contribution >= 4 is 22.3 Å². The van der Waals surface area contributed by atoms with Crippen LogP contribution < -0.4 is 10.6 Å². The predicted octanol–water partition coefficient (Wildman–Crippen LogP) is 1.40. The van der Waals surface area contributed by atoms with Crippen LogP contribution in [0.3, 0.4) is 0 Å². The zero-order chi connectivity index (χ0) is 14.0. The minimum absolute atomic E-state index is 0.0396. The Labute approximate surface area is 117 Å². The van der Waals surface area contributed by atoms with E-state index in [2.05, 4.69) is 4.90 Å². The molecule has 0 aliphatic carbocycles. The molecule has 5 nitrogen and oxygen atoms in total. The Kier molecular flexibility index (Phi) is 4.44. The Morgan fingerprint density at radius 3 is 2.89 bits per heavy atom. The van der Waals surface area contributed by atoms with Crippen molar-refractivity contribution in [1.29, 1.82) is 0 Å². The molecule has 106 valence electrons. The summed E-state index contributed by atoms with van der Waals surface area (Å²) < 4.78 is 10.2. The number of ether oxygens (including phenoxy) is 2. The lowest BCUT2D eigenvalue weighted by molar-refractivity contribution is 0.0600. The van der Waals surface area contributed by atoms with Gasteiger partial charge in [-0.3, -0.25) is 0 Å². The summed E-state index contributed by atoms with van der Waals surface area (Å²) in [6, 6.07) is 1.98. The molecule has 1 fully saturated rings. The van der Waals surface area contributed by atoms with Gasteiger partial charge in [-0.2, -0.15) is 0 Å². The smallest absolute Gasteiger partial charge is 0.339 e. The van der Waals surface area contributed by atoms with Crippen LogP contribution in [-0.4, -0.2) is 45.4 Å². The topological polar surface area (TPSA) is 64.8 Å². The number of hydrogen-bond acceptors (Lipinski definition) is 6. The first kappa shape index (κ1) is 14.3. The highest BCUT2D eigenvalue weighted by molar-refractivity contribution is 7.16. The number of methoxy groups -OCH3 is 2. The largest absolute Gasteiger partial charge is 0.465 e. The molecule has 1 aromatic heterocycles. The van der Waals surface area contributed by atoms with Crippen LogP contribution >= 0.6 is 11.3 Å². The van der Waals surface area contributed by atoms with E-state index in [9.17, 15) is 4.79 Å². The first-order valence-electron chi connectivity index (χ1n) is 6.29. The van der Waals surface area contributed by atoms with Gasteiger partial charge in [0.05, 0.1) is 23.8 Å². The average Bonchev–Trinajstić information content (AvgIpc) is 2.80. The Balaban J connectivity index is 2.16. The minimum atomic E-state index is -0.281. The van der Waals surface area contributed by atoms with E-state index in [1.54, 1.807) is 18.4 Å². The first-order valence-corrected chi connectivity index (χ1v) is 7.10. The number of nitrogens with zero attached hydrogens (tertiary/aromatic N) is 1. The Morgan fingerprint density at radius 2 is 2.26 bits per heavy atom. The molecule has 2 atom stereocenters. The third-order valence-electron chi connectivity index (χ3n) is 3.53. The third-order valence-corrected chi connectivity index (χ3v) is 4.65. The van der Waals surface area contributed by atoms with E-state index >= 15 is 0 Å². The molecule has 0 saturated carbocycles. The lowest BCUT2D eigenvalue weighted by atomic mass is 10.0. The number of carbonyl (C=O) groups is 1. The fraction of sp³-hybridized carbons (Fsp3) is 0.615. The molecule has 19 heavy (non-hydrogen) atoms. The highest BCUT2D eigenvalue weighted by Gasteiger charge is 2.28. The fourth-order valence-electron chi connectivity index (χ4n) is 2.32. The molecule has 6 heteroatoms. The maximum absolute atomic E-state index is 11.6. The first-order chi connectivity index (χ1) is 9.06. The van der Waals surface area contributed by atoms with Crippen LogP contribution in [0.2, 0.25) is 0 Å². The van der Waals surface area contributed by atoms with E-state index in [0.717, 1.165) is 29.4 Å². The van der Waals surface area contributed by atoms with Gasteiger partial charge in [0.15, 0.2) is 0 Å². The van der Waals surface area contributed by atoms with Crippen molar-refractivity contribution < 1.29 is 14.3 Å². The van der Waals surface area contributed by atoms with Gasteiger partial charge in [-0.05, 0) is 19.4 Å². The molecule has 0 bridgehead atoms. The summed E-state index contributed by atoms with van der Waals surface area (Å²) in [5, 5.41) is 1.08. The SMILES string of the molecule is COC(=O)c1cc(N2CC[C@H](N)[C@H](OC)C2)sc1C. The van der Waals surface area contributed by atoms with Crippen LogP contribution in [0.4, 0.5) is 5.00 Å². The second-order valence-corrected chi connectivity index (χ2v) is 5.95. The van der Waals surface area contributed by atoms with Gasteiger partial charge in [-0.1, -0.05) is 0 Å². The second-order valence-electron chi connectivity index (χ2n) is 4.72. The van der Waals surface area contributed by atoms with Crippen molar-refractivity contribution in [2.75, 3.05) is 32.2 Å². The zero-order valence-electron chi connectivity index (χ0n) is 11.5. The number of thiophene rings is 1. The van der Waals surface area contributed by atoms with Gasteiger partial charge in [0.25, 0.3) is 0 Å². The van der Waals surface area contributed by atoms with E-state index in [0.29, 0.717) is 5.56 Å². The molecule has 2 heterocycles. The van der Waals surface area contributed by atoms with Crippen molar-refractivity contribution in [3.05, 3.63) is 16.5 Å². The highest BCUT2D eigenvalue weighted by atomic mass is 32.1. The van der Waals surface area contributed by atoms with Crippen molar-refractivity contribution in [1.82, 2.24) is 0 Å². The summed E-state index contributed by atoms with van der Waals surface area (Å²) in [6.45, 7) is 3.59. The molecule has 1 saturated heterocycles. The van der Waals surface area contributed by atoms with Gasteiger partial charge < -0.3 is 20.1 Å². The molecule has 0 aromatic carbocycles. The standard InChI is InChI=1S/C13H20N2O3S/c1-8-9(13(16)18-3)6-12(19-8)15-5-4-10(14)11(7-15)17-2/h6,10-11H,4-5,7,14H2,1-3H3/t10-,11+/m0/s1. The molecule has 1 aliphatic heterocycles. The van der Waals surface area contributed by atoms with Crippen LogP contribution in [0.1, 0.15) is 21.7 Å². The quantitative estimate of drug-likeness (QED) is 0.850. The second kappa shape index (κ2) is 5.90. The molecule has 0 unspecified atom stereocenters. The van der Waals surface area contributed by atoms with Crippen molar-refractivity contribution in [2.45, 2.75) is 25.5 Å². The number of nitrogens with two attached hydrogens (primary N) is 1. The van der Waals surface area contributed by atoms with Crippen LogP contribution in [0.25, 0.3) is 0 Å². The molecule has 1 aliphatic rings. The van der Waals surface area contributed by atoms with Gasteiger partial charge in [0.1, 0.15) is 0 Å². The molecule has 0 amide bonds. The Morgan fingerprint density at radius 1 is 1.53 bits per heavy atom. The molecular weight excluding hydrogens is 264 g/mol. The van der Waals surface area contributed by atoms with Gasteiger partial charge >= 0.3 is 5.97 Å². The van der Waals surface area contributed by atoms with E-state index in [-0.39, 0.29) is 18.1 Å². The van der Waals surface area contributed by atoms with Gasteiger partial charge in [0, 0.05) is 31.1 Å². The van der Waals surface area contributed by atoms with E-state index in [1.807, 2.05) is 13.0 Å². The number of carbonyl (C=O) groups excluding carboxylic acids is 1. The van der Waals surface area contributed by atoms with E-state index in [1.165, 1.54) is 7.11 Å². The van der Waals surface area contributed by atoms with Crippen molar-refractivity contribution in [3.63, 3.8) is 0 Å². The summed E-state index contributed by atoms with van der Waals surface area (Å²) in [5.41, 5.74) is 6.66. The lowest BCUT2D eigenvalue weighted by Gasteiger charge is -2.36. The molecular formula is C13H20N2O3S. The summed E-state index contributed by atoms with van der Waals surface area (Å²) in [7, 11) is 3.09. The van der Waals surface area contributed by atoms with E-state index in [4.69, 9.17) is 15.2 Å². The number of rotatable bonds is 3. The molecule has 2 N–H and O–H groups in total. The normalized spacial score (nSPS) is 23.5. The van der Waals surface area contributed by atoms with E-state index < -0.39 is 0 Å². The monoisotopic (exact) mass is 284 g/mol.